The van der Waals surface area contributed by atoms with Crippen molar-refractivity contribution in [2.45, 2.75) is 13.8 Å². The smallest absolute Gasteiger partial charge is 0.336 e. The summed E-state index contributed by atoms with van der Waals surface area (Å²) in [6.07, 6.45) is 0. The number of aromatic carboxylic acids is 1. The average molecular weight is 226 g/mol. The third-order valence-electron chi connectivity index (χ3n) is 2.69. The first kappa shape index (κ1) is 11.4. The maximum absolute atomic E-state index is 11.2. The van der Waals surface area contributed by atoms with Gasteiger partial charge in [-0.15, -0.1) is 0 Å². The maximum atomic E-state index is 11.2. The van der Waals surface area contributed by atoms with E-state index in [9.17, 15) is 4.79 Å². The van der Waals surface area contributed by atoms with E-state index in [2.05, 4.69) is 6.07 Å². The molecule has 0 saturated heterocycles. The molecular weight excluding hydrogens is 212 g/mol. The average Bonchev–Trinajstić information content (AvgIpc) is 2.27. The van der Waals surface area contributed by atoms with Crippen molar-refractivity contribution in [2.75, 3.05) is 0 Å². The summed E-state index contributed by atoms with van der Waals surface area (Å²) in [7, 11) is 0. The molecule has 1 N–H and O–H groups in total. The number of rotatable bonds is 2. The molecular formula is C15H14O2. The fraction of sp³-hybridized carbons (Fsp3) is 0.133. The molecule has 86 valence electrons. The van der Waals surface area contributed by atoms with Crippen LogP contribution in [-0.4, -0.2) is 11.1 Å². The van der Waals surface area contributed by atoms with Crippen molar-refractivity contribution in [3.8, 4) is 11.1 Å². The summed E-state index contributed by atoms with van der Waals surface area (Å²) in [5, 5.41) is 9.17. The topological polar surface area (TPSA) is 37.3 Å². The number of carbonyl (C=O) groups is 1. The van der Waals surface area contributed by atoms with E-state index in [4.69, 9.17) is 5.11 Å². The van der Waals surface area contributed by atoms with Crippen molar-refractivity contribution in [3.05, 3.63) is 59.2 Å². The van der Waals surface area contributed by atoms with Crippen LogP contribution >= 0.6 is 0 Å². The number of hydrogen-bond donors (Lipinski definition) is 1. The van der Waals surface area contributed by atoms with E-state index < -0.39 is 5.97 Å². The molecule has 0 atom stereocenters. The van der Waals surface area contributed by atoms with Crippen LogP contribution in [0.3, 0.4) is 0 Å². The number of carboxylic acids is 1. The molecule has 0 heterocycles. The van der Waals surface area contributed by atoms with Crippen LogP contribution in [-0.2, 0) is 0 Å². The molecule has 0 fully saturated rings. The lowest BCUT2D eigenvalue weighted by Gasteiger charge is -2.08. The Kier molecular flexibility index (Phi) is 2.96. The number of carboxylic acid groups (broad SMARTS) is 1. The quantitative estimate of drug-likeness (QED) is 0.848. The molecule has 0 unspecified atom stereocenters. The van der Waals surface area contributed by atoms with Crippen LogP contribution in [0.25, 0.3) is 11.1 Å². The summed E-state index contributed by atoms with van der Waals surface area (Å²) in [6, 6.07) is 13.2. The molecule has 0 aliphatic carbocycles. The highest BCUT2D eigenvalue weighted by Gasteiger charge is 2.10. The largest absolute Gasteiger partial charge is 0.478 e. The number of aryl methyl sites for hydroxylation is 2. The standard InChI is InChI=1S/C15H14O2/c1-10-7-11(2)9-12(8-10)13-5-3-4-6-14(13)15(16)17/h3-9H,1-2H3,(H,16,17). The second-order valence-electron chi connectivity index (χ2n) is 4.23. The van der Waals surface area contributed by atoms with E-state index >= 15 is 0 Å². The van der Waals surface area contributed by atoms with Crippen LogP contribution in [0.4, 0.5) is 0 Å². The van der Waals surface area contributed by atoms with Gasteiger partial charge in [-0.3, -0.25) is 0 Å². The molecule has 2 heteroatoms. The second-order valence-corrected chi connectivity index (χ2v) is 4.23. The molecule has 2 aromatic carbocycles. The molecule has 2 aromatic rings. The normalized spacial score (nSPS) is 10.2. The van der Waals surface area contributed by atoms with Gasteiger partial charge < -0.3 is 5.11 Å². The van der Waals surface area contributed by atoms with Crippen LogP contribution < -0.4 is 0 Å². The Balaban J connectivity index is 2.64. The fourth-order valence-electron chi connectivity index (χ4n) is 2.05. The fourth-order valence-corrected chi connectivity index (χ4v) is 2.05. The second kappa shape index (κ2) is 4.42. The Morgan fingerprint density at radius 3 is 2.18 bits per heavy atom. The van der Waals surface area contributed by atoms with Crippen molar-refractivity contribution in [1.82, 2.24) is 0 Å². The van der Waals surface area contributed by atoms with E-state index in [1.165, 1.54) is 0 Å². The number of benzene rings is 2. The molecule has 0 aliphatic heterocycles. The van der Waals surface area contributed by atoms with Gasteiger partial charge in [-0.25, -0.2) is 4.79 Å². The van der Waals surface area contributed by atoms with Gasteiger partial charge in [0.05, 0.1) is 5.56 Å². The Labute approximate surface area is 101 Å². The molecule has 0 radical (unpaired) electrons. The van der Waals surface area contributed by atoms with Gasteiger partial charge in [0, 0.05) is 0 Å². The van der Waals surface area contributed by atoms with E-state index in [1.807, 2.05) is 38.1 Å². The van der Waals surface area contributed by atoms with Crippen molar-refractivity contribution in [1.29, 1.82) is 0 Å². The molecule has 0 amide bonds. The zero-order chi connectivity index (χ0) is 12.4. The van der Waals surface area contributed by atoms with Crippen molar-refractivity contribution in [3.63, 3.8) is 0 Å². The van der Waals surface area contributed by atoms with Crippen LogP contribution in [0.1, 0.15) is 21.5 Å². The van der Waals surface area contributed by atoms with Crippen LogP contribution in [0.5, 0.6) is 0 Å². The molecule has 0 aromatic heterocycles. The third-order valence-corrected chi connectivity index (χ3v) is 2.69. The van der Waals surface area contributed by atoms with E-state index in [0.717, 1.165) is 22.3 Å². The molecule has 2 nitrogen and oxygen atoms in total. The summed E-state index contributed by atoms with van der Waals surface area (Å²) in [5.41, 5.74) is 4.35. The highest BCUT2D eigenvalue weighted by atomic mass is 16.4. The lowest BCUT2D eigenvalue weighted by molar-refractivity contribution is 0.0697. The minimum absolute atomic E-state index is 0.345. The molecule has 0 spiro atoms. The summed E-state index contributed by atoms with van der Waals surface area (Å²) in [5.74, 6) is -0.889. The van der Waals surface area contributed by atoms with Gasteiger partial charge in [-0.1, -0.05) is 47.5 Å². The first-order valence-electron chi connectivity index (χ1n) is 5.49. The van der Waals surface area contributed by atoms with Gasteiger partial charge in [-0.2, -0.15) is 0 Å². The van der Waals surface area contributed by atoms with Crippen LogP contribution in [0, 0.1) is 13.8 Å². The summed E-state index contributed by atoms with van der Waals surface area (Å²) < 4.78 is 0. The molecule has 0 bridgehead atoms. The van der Waals surface area contributed by atoms with Gasteiger partial charge >= 0.3 is 5.97 Å². The zero-order valence-corrected chi connectivity index (χ0v) is 9.90. The predicted octanol–water partition coefficient (Wildman–Crippen LogP) is 3.67. The van der Waals surface area contributed by atoms with Crippen molar-refractivity contribution in [2.24, 2.45) is 0 Å². The minimum Gasteiger partial charge on any atom is -0.478 e. The summed E-state index contributed by atoms with van der Waals surface area (Å²) in [4.78, 5) is 11.2. The van der Waals surface area contributed by atoms with E-state index in [-0.39, 0.29) is 0 Å². The zero-order valence-electron chi connectivity index (χ0n) is 9.90. The Morgan fingerprint density at radius 2 is 1.59 bits per heavy atom. The van der Waals surface area contributed by atoms with Gasteiger partial charge in [0.25, 0.3) is 0 Å². The highest BCUT2D eigenvalue weighted by molar-refractivity contribution is 5.96. The van der Waals surface area contributed by atoms with Crippen LogP contribution in [0.15, 0.2) is 42.5 Å². The number of hydrogen-bond acceptors (Lipinski definition) is 1. The first-order chi connectivity index (χ1) is 8.08. The van der Waals surface area contributed by atoms with Gasteiger partial charge in [-0.05, 0) is 31.0 Å². The van der Waals surface area contributed by atoms with Gasteiger partial charge in [0.15, 0.2) is 0 Å². The molecule has 0 aliphatic rings. The molecule has 0 saturated carbocycles. The predicted molar refractivity (Wildman–Crippen MR) is 68.3 cm³/mol. The molecule has 2 rings (SSSR count). The first-order valence-corrected chi connectivity index (χ1v) is 5.49. The van der Waals surface area contributed by atoms with E-state index in [1.54, 1.807) is 12.1 Å². The molecule has 17 heavy (non-hydrogen) atoms. The SMILES string of the molecule is Cc1cc(C)cc(-c2ccccc2C(=O)O)c1. The maximum Gasteiger partial charge on any atom is 0.336 e. The Bertz CT molecular complexity index is 551. The highest BCUT2D eigenvalue weighted by Crippen LogP contribution is 2.25. The Hall–Kier alpha value is -2.09. The monoisotopic (exact) mass is 226 g/mol. The minimum atomic E-state index is -0.889. The van der Waals surface area contributed by atoms with Crippen molar-refractivity contribution >= 4 is 5.97 Å². The van der Waals surface area contributed by atoms with Gasteiger partial charge in [0.1, 0.15) is 0 Å². The Morgan fingerprint density at radius 1 is 1.00 bits per heavy atom. The third kappa shape index (κ3) is 2.36. The summed E-state index contributed by atoms with van der Waals surface area (Å²) in [6.45, 7) is 4.03. The summed E-state index contributed by atoms with van der Waals surface area (Å²) >= 11 is 0. The lowest BCUT2D eigenvalue weighted by atomic mass is 9.97. The van der Waals surface area contributed by atoms with Crippen molar-refractivity contribution < 1.29 is 9.90 Å². The van der Waals surface area contributed by atoms with Crippen LogP contribution in [0.2, 0.25) is 0 Å². The lowest BCUT2D eigenvalue weighted by Crippen LogP contribution is -1.99. The van der Waals surface area contributed by atoms with E-state index in [0.29, 0.717) is 5.56 Å². The van der Waals surface area contributed by atoms with Gasteiger partial charge in [0.2, 0.25) is 0 Å².